The highest BCUT2D eigenvalue weighted by Gasteiger charge is 2.09. The van der Waals surface area contributed by atoms with Gasteiger partial charge < -0.3 is 20.3 Å². The van der Waals surface area contributed by atoms with E-state index in [1.807, 2.05) is 19.2 Å². The van der Waals surface area contributed by atoms with Crippen molar-refractivity contribution in [2.75, 3.05) is 31.6 Å². The van der Waals surface area contributed by atoms with E-state index in [1.165, 1.54) is 6.07 Å². The minimum atomic E-state index is -0.363. The summed E-state index contributed by atoms with van der Waals surface area (Å²) in [5.41, 5.74) is 1.06. The molecule has 1 unspecified atom stereocenters. The standard InChI is InChI=1S/C21H30FN5O/c1-5-27(6-2)20-12-11-17(14-24-20)15-26-21(23-4)25-13-16(3)28-19-10-8-7-9-18(19)22/h7-12,14,16H,5-6,13,15H2,1-4H3,(H2,23,25,26). The first kappa shape index (κ1) is 21.5. The zero-order valence-electron chi connectivity index (χ0n) is 17.1. The average molecular weight is 388 g/mol. The smallest absolute Gasteiger partial charge is 0.191 e. The van der Waals surface area contributed by atoms with Crippen molar-refractivity contribution >= 4 is 11.8 Å². The van der Waals surface area contributed by atoms with E-state index in [0.29, 0.717) is 19.0 Å². The van der Waals surface area contributed by atoms with Crippen molar-refractivity contribution in [3.05, 3.63) is 54.0 Å². The normalized spacial score (nSPS) is 12.4. The zero-order chi connectivity index (χ0) is 20.4. The Morgan fingerprint density at radius 3 is 2.54 bits per heavy atom. The highest BCUT2D eigenvalue weighted by molar-refractivity contribution is 5.79. The van der Waals surface area contributed by atoms with Crippen LogP contribution in [0, 0.1) is 5.82 Å². The van der Waals surface area contributed by atoms with Gasteiger partial charge in [0.05, 0.1) is 6.54 Å². The molecule has 2 aromatic rings. The van der Waals surface area contributed by atoms with Crippen LogP contribution in [0.25, 0.3) is 0 Å². The SMILES string of the molecule is CCN(CC)c1ccc(CNC(=NC)NCC(C)Oc2ccccc2F)cn1. The first-order chi connectivity index (χ1) is 13.6. The van der Waals surface area contributed by atoms with Crippen LogP contribution in [-0.2, 0) is 6.54 Å². The third-order valence-electron chi connectivity index (χ3n) is 4.30. The first-order valence-corrected chi connectivity index (χ1v) is 9.62. The van der Waals surface area contributed by atoms with Crippen LogP contribution in [0.15, 0.2) is 47.6 Å². The summed E-state index contributed by atoms with van der Waals surface area (Å²) in [5, 5.41) is 6.44. The lowest BCUT2D eigenvalue weighted by molar-refractivity contribution is 0.214. The Morgan fingerprint density at radius 1 is 1.18 bits per heavy atom. The van der Waals surface area contributed by atoms with Crippen molar-refractivity contribution in [1.82, 2.24) is 15.6 Å². The van der Waals surface area contributed by atoms with Gasteiger partial charge in [-0.2, -0.15) is 0 Å². The highest BCUT2D eigenvalue weighted by Crippen LogP contribution is 2.16. The van der Waals surface area contributed by atoms with Crippen molar-refractivity contribution < 1.29 is 9.13 Å². The molecule has 1 heterocycles. The number of para-hydroxylation sites is 1. The van der Waals surface area contributed by atoms with E-state index in [0.717, 1.165) is 24.5 Å². The molecule has 0 amide bonds. The molecule has 0 spiro atoms. The van der Waals surface area contributed by atoms with Crippen LogP contribution < -0.4 is 20.3 Å². The van der Waals surface area contributed by atoms with Gasteiger partial charge in [-0.05, 0) is 44.5 Å². The van der Waals surface area contributed by atoms with E-state index in [-0.39, 0.29) is 17.7 Å². The summed E-state index contributed by atoms with van der Waals surface area (Å²) in [4.78, 5) is 10.9. The number of aliphatic imine (C=N–C) groups is 1. The average Bonchev–Trinajstić information content (AvgIpc) is 2.72. The first-order valence-electron chi connectivity index (χ1n) is 9.62. The third-order valence-corrected chi connectivity index (χ3v) is 4.30. The van der Waals surface area contributed by atoms with Crippen LogP contribution in [-0.4, -0.2) is 43.7 Å². The molecule has 0 bridgehead atoms. The Kier molecular flexibility index (Phi) is 8.52. The molecule has 0 aliphatic heterocycles. The van der Waals surface area contributed by atoms with Crippen molar-refractivity contribution in [2.24, 2.45) is 4.99 Å². The van der Waals surface area contributed by atoms with E-state index in [9.17, 15) is 4.39 Å². The molecule has 1 atom stereocenters. The van der Waals surface area contributed by atoms with Gasteiger partial charge in [-0.3, -0.25) is 4.99 Å². The molecule has 1 aromatic heterocycles. The molecular formula is C21H30FN5O. The molecule has 6 nitrogen and oxygen atoms in total. The van der Waals surface area contributed by atoms with Crippen molar-refractivity contribution in [1.29, 1.82) is 0 Å². The number of nitrogens with zero attached hydrogens (tertiary/aromatic N) is 3. The summed E-state index contributed by atoms with van der Waals surface area (Å²) in [5.74, 6) is 1.52. The molecule has 0 fully saturated rings. The van der Waals surface area contributed by atoms with Gasteiger partial charge in [0.25, 0.3) is 0 Å². The van der Waals surface area contributed by atoms with Crippen LogP contribution in [0.3, 0.4) is 0 Å². The van der Waals surface area contributed by atoms with Gasteiger partial charge in [0.1, 0.15) is 11.9 Å². The van der Waals surface area contributed by atoms with E-state index in [1.54, 1.807) is 25.2 Å². The molecule has 152 valence electrons. The van der Waals surface area contributed by atoms with E-state index in [2.05, 4.69) is 45.4 Å². The molecule has 0 aliphatic rings. The fraction of sp³-hybridized carbons (Fsp3) is 0.429. The number of nitrogens with one attached hydrogen (secondary N) is 2. The van der Waals surface area contributed by atoms with Crippen molar-refractivity contribution in [2.45, 2.75) is 33.4 Å². The van der Waals surface area contributed by atoms with E-state index >= 15 is 0 Å². The second-order valence-corrected chi connectivity index (χ2v) is 6.36. The zero-order valence-corrected chi connectivity index (χ0v) is 17.1. The number of anilines is 1. The largest absolute Gasteiger partial charge is 0.486 e. The summed E-state index contributed by atoms with van der Waals surface area (Å²) in [7, 11) is 1.71. The predicted octanol–water partition coefficient (Wildman–Crippen LogP) is 3.20. The molecule has 0 radical (unpaired) electrons. The Morgan fingerprint density at radius 2 is 1.93 bits per heavy atom. The lowest BCUT2D eigenvalue weighted by atomic mass is 10.2. The molecular weight excluding hydrogens is 357 g/mol. The monoisotopic (exact) mass is 387 g/mol. The van der Waals surface area contributed by atoms with Crippen molar-refractivity contribution in [3.63, 3.8) is 0 Å². The molecule has 1 aromatic carbocycles. The van der Waals surface area contributed by atoms with Gasteiger partial charge in [-0.25, -0.2) is 9.37 Å². The van der Waals surface area contributed by atoms with Crippen LogP contribution in [0.1, 0.15) is 26.3 Å². The number of pyridine rings is 1. The summed E-state index contributed by atoms with van der Waals surface area (Å²) in [6.07, 6.45) is 1.66. The molecule has 2 N–H and O–H groups in total. The Balaban J connectivity index is 1.80. The number of rotatable bonds is 9. The van der Waals surface area contributed by atoms with Gasteiger partial charge in [-0.1, -0.05) is 18.2 Å². The lowest BCUT2D eigenvalue weighted by Crippen LogP contribution is -2.41. The quantitative estimate of drug-likeness (QED) is 0.511. The minimum absolute atomic E-state index is 0.217. The number of hydrogen-bond donors (Lipinski definition) is 2. The Hall–Kier alpha value is -2.83. The predicted molar refractivity (Wildman–Crippen MR) is 112 cm³/mol. The number of ether oxygens (including phenoxy) is 1. The number of aromatic nitrogens is 1. The minimum Gasteiger partial charge on any atom is -0.486 e. The van der Waals surface area contributed by atoms with Gasteiger partial charge >= 0.3 is 0 Å². The lowest BCUT2D eigenvalue weighted by Gasteiger charge is -2.20. The van der Waals surface area contributed by atoms with Crippen LogP contribution in [0.4, 0.5) is 10.2 Å². The Labute approximate surface area is 166 Å². The number of hydrogen-bond acceptors (Lipinski definition) is 4. The molecule has 2 rings (SSSR count). The molecule has 0 aliphatic carbocycles. The maximum Gasteiger partial charge on any atom is 0.191 e. The Bertz CT molecular complexity index is 747. The summed E-state index contributed by atoms with van der Waals surface area (Å²) in [6, 6.07) is 10.5. The van der Waals surface area contributed by atoms with Crippen LogP contribution in [0.2, 0.25) is 0 Å². The fourth-order valence-corrected chi connectivity index (χ4v) is 2.70. The molecule has 28 heavy (non-hydrogen) atoms. The second kappa shape index (κ2) is 11.1. The van der Waals surface area contributed by atoms with Crippen molar-refractivity contribution in [3.8, 4) is 5.75 Å². The maximum absolute atomic E-state index is 13.7. The third kappa shape index (κ3) is 6.40. The number of benzene rings is 1. The summed E-state index contributed by atoms with van der Waals surface area (Å²) < 4.78 is 19.3. The highest BCUT2D eigenvalue weighted by atomic mass is 19.1. The topological polar surface area (TPSA) is 61.8 Å². The fourth-order valence-electron chi connectivity index (χ4n) is 2.70. The van der Waals surface area contributed by atoms with Gasteiger partial charge in [-0.15, -0.1) is 0 Å². The van der Waals surface area contributed by atoms with E-state index < -0.39 is 0 Å². The van der Waals surface area contributed by atoms with Gasteiger partial charge in [0.15, 0.2) is 17.5 Å². The maximum atomic E-state index is 13.7. The number of guanidine groups is 1. The second-order valence-electron chi connectivity index (χ2n) is 6.36. The summed E-state index contributed by atoms with van der Waals surface area (Å²) in [6.45, 7) is 9.08. The molecule has 0 saturated heterocycles. The molecule has 7 heteroatoms. The number of halogens is 1. The van der Waals surface area contributed by atoms with Gasteiger partial charge in [0, 0.05) is 32.9 Å². The molecule has 0 saturated carbocycles. The van der Waals surface area contributed by atoms with Crippen LogP contribution in [0.5, 0.6) is 5.75 Å². The summed E-state index contributed by atoms with van der Waals surface area (Å²) >= 11 is 0. The van der Waals surface area contributed by atoms with E-state index in [4.69, 9.17) is 4.74 Å². The van der Waals surface area contributed by atoms with Crippen LogP contribution >= 0.6 is 0 Å². The van der Waals surface area contributed by atoms with Gasteiger partial charge in [0.2, 0.25) is 0 Å².